The van der Waals surface area contributed by atoms with Crippen LogP contribution < -0.4 is 9.47 Å². The van der Waals surface area contributed by atoms with E-state index in [0.717, 1.165) is 35.8 Å². The zero-order valence-corrected chi connectivity index (χ0v) is 22.4. The lowest BCUT2D eigenvalue weighted by molar-refractivity contribution is 0.350. The molecule has 1 spiro atoms. The summed E-state index contributed by atoms with van der Waals surface area (Å²) in [6.07, 6.45) is 6.10. The Morgan fingerprint density at radius 1 is 0.400 bits per heavy atom. The third-order valence-electron chi connectivity index (χ3n) is 8.92. The van der Waals surface area contributed by atoms with Crippen LogP contribution in [0.3, 0.4) is 0 Å². The van der Waals surface area contributed by atoms with Gasteiger partial charge in [-0.3, -0.25) is 0 Å². The molecule has 0 saturated heterocycles. The van der Waals surface area contributed by atoms with E-state index in [1.54, 1.807) is 0 Å². The van der Waals surface area contributed by atoms with Gasteiger partial charge in [-0.2, -0.15) is 0 Å². The van der Waals surface area contributed by atoms with E-state index >= 15 is 0 Å². The normalized spacial score (nSPS) is 15.2. The van der Waals surface area contributed by atoms with E-state index in [-0.39, 0.29) is 5.41 Å². The average Bonchev–Trinajstić information content (AvgIpc) is 3.25. The van der Waals surface area contributed by atoms with E-state index in [4.69, 9.17) is 9.47 Å². The molecule has 0 radical (unpaired) electrons. The summed E-state index contributed by atoms with van der Waals surface area (Å²) in [6.45, 7) is 0. The summed E-state index contributed by atoms with van der Waals surface area (Å²) in [4.78, 5) is 0. The van der Waals surface area contributed by atoms with E-state index in [1.165, 1.54) is 63.1 Å². The quantitative estimate of drug-likeness (QED) is 0.231. The number of hydrogen-bond acceptors (Lipinski definition) is 2. The Balaban J connectivity index is 1.16. The van der Waals surface area contributed by atoms with E-state index in [2.05, 4.69) is 121 Å². The van der Waals surface area contributed by atoms with Gasteiger partial charge in [0.1, 0.15) is 23.0 Å². The molecule has 1 fully saturated rings. The van der Waals surface area contributed by atoms with Gasteiger partial charge >= 0.3 is 0 Å². The first-order valence-corrected chi connectivity index (χ1v) is 14.4. The van der Waals surface area contributed by atoms with E-state index in [1.807, 2.05) is 0 Å². The molecule has 2 nitrogen and oxygen atoms in total. The molecule has 0 amide bonds. The highest BCUT2D eigenvalue weighted by molar-refractivity contribution is 5.85. The first kappa shape index (κ1) is 23.3. The lowest BCUT2D eigenvalue weighted by Gasteiger charge is -2.36. The highest BCUT2D eigenvalue weighted by atomic mass is 16.5. The van der Waals surface area contributed by atoms with Crippen LogP contribution in [-0.2, 0) is 5.41 Å². The second-order valence-electron chi connectivity index (χ2n) is 11.3. The van der Waals surface area contributed by atoms with Gasteiger partial charge in [0, 0.05) is 5.41 Å². The molecule has 1 saturated carbocycles. The van der Waals surface area contributed by atoms with Gasteiger partial charge < -0.3 is 9.47 Å². The van der Waals surface area contributed by atoms with Crippen LogP contribution in [0.5, 0.6) is 23.0 Å². The van der Waals surface area contributed by atoms with Crippen molar-refractivity contribution in [1.82, 2.24) is 0 Å². The van der Waals surface area contributed by atoms with Crippen molar-refractivity contribution in [3.05, 3.63) is 132 Å². The maximum Gasteiger partial charge on any atom is 0.128 e. The van der Waals surface area contributed by atoms with E-state index in [0.29, 0.717) is 0 Å². The number of benzene rings is 6. The van der Waals surface area contributed by atoms with Gasteiger partial charge in [-0.25, -0.2) is 0 Å². The Kier molecular flexibility index (Phi) is 5.41. The minimum absolute atomic E-state index is 0.00836. The van der Waals surface area contributed by atoms with Crippen molar-refractivity contribution in [3.8, 4) is 34.1 Å². The third kappa shape index (κ3) is 3.86. The number of fused-ring (bicyclic) bond motifs is 7. The molecule has 0 aromatic heterocycles. The van der Waals surface area contributed by atoms with Crippen LogP contribution >= 0.6 is 0 Å². The monoisotopic (exact) mass is 518 g/mol. The molecule has 2 aliphatic carbocycles. The van der Waals surface area contributed by atoms with Crippen LogP contribution in [0, 0.1) is 0 Å². The Labute approximate surface area is 234 Å². The SMILES string of the molecule is c1ccc2cc(Oc3ccc4c(c3)C3(CCCCC3)c3cc(Oc5ccc6ccccc6c5)ccc3-4)ccc2c1. The molecular weight excluding hydrogens is 488 g/mol. The molecule has 0 atom stereocenters. The standard InChI is InChI=1S/C38H30O2/c1-6-20-38(21-7-1)36-24-32(39-30-14-12-26-8-2-4-10-28(26)22-30)16-18-34(36)35-19-17-33(25-37(35)38)40-31-15-13-27-9-3-5-11-29(27)23-31/h2-5,8-19,22-25H,1,6-7,20-21H2. The smallest absolute Gasteiger partial charge is 0.128 e. The molecule has 2 heteroatoms. The van der Waals surface area contributed by atoms with Crippen LogP contribution in [0.15, 0.2) is 121 Å². The summed E-state index contributed by atoms with van der Waals surface area (Å²) >= 11 is 0. The van der Waals surface area contributed by atoms with Crippen molar-refractivity contribution in [2.45, 2.75) is 37.5 Å². The van der Waals surface area contributed by atoms with Crippen molar-refractivity contribution < 1.29 is 9.47 Å². The second-order valence-corrected chi connectivity index (χ2v) is 11.3. The fourth-order valence-electron chi connectivity index (χ4n) is 7.01. The lowest BCUT2D eigenvalue weighted by Crippen LogP contribution is -2.28. The van der Waals surface area contributed by atoms with Gasteiger partial charge in [-0.05, 0) is 105 Å². The second kappa shape index (κ2) is 9.27. The maximum absolute atomic E-state index is 6.46. The minimum Gasteiger partial charge on any atom is -0.457 e. The van der Waals surface area contributed by atoms with Crippen molar-refractivity contribution in [2.24, 2.45) is 0 Å². The highest BCUT2D eigenvalue weighted by Crippen LogP contribution is 2.57. The Hall–Kier alpha value is -4.56. The zero-order valence-electron chi connectivity index (χ0n) is 22.4. The largest absolute Gasteiger partial charge is 0.457 e. The highest BCUT2D eigenvalue weighted by Gasteiger charge is 2.44. The summed E-state index contributed by atoms with van der Waals surface area (Å²) < 4.78 is 12.9. The van der Waals surface area contributed by atoms with Crippen LogP contribution in [0.1, 0.15) is 43.2 Å². The van der Waals surface area contributed by atoms with Crippen molar-refractivity contribution >= 4 is 21.5 Å². The van der Waals surface area contributed by atoms with Crippen molar-refractivity contribution in [2.75, 3.05) is 0 Å². The molecule has 6 aromatic carbocycles. The van der Waals surface area contributed by atoms with Crippen LogP contribution in [0.25, 0.3) is 32.7 Å². The summed E-state index contributed by atoms with van der Waals surface area (Å²) in [5.74, 6) is 3.55. The van der Waals surface area contributed by atoms with Crippen LogP contribution in [0.4, 0.5) is 0 Å². The first-order chi connectivity index (χ1) is 19.7. The van der Waals surface area contributed by atoms with E-state index < -0.39 is 0 Å². The maximum atomic E-state index is 6.46. The topological polar surface area (TPSA) is 18.5 Å². The number of ether oxygens (including phenoxy) is 2. The molecule has 0 aliphatic heterocycles. The lowest BCUT2D eigenvalue weighted by atomic mass is 9.68. The molecule has 0 heterocycles. The third-order valence-corrected chi connectivity index (χ3v) is 8.92. The van der Waals surface area contributed by atoms with Crippen LogP contribution in [0.2, 0.25) is 0 Å². The molecule has 8 rings (SSSR count). The Bertz CT molecular complexity index is 1760. The molecule has 0 N–H and O–H groups in total. The molecule has 2 aliphatic rings. The van der Waals surface area contributed by atoms with Gasteiger partial charge in [0.25, 0.3) is 0 Å². The van der Waals surface area contributed by atoms with Gasteiger partial charge in [0.15, 0.2) is 0 Å². The van der Waals surface area contributed by atoms with Gasteiger partial charge in [-0.1, -0.05) is 92.1 Å². The molecule has 0 unspecified atom stereocenters. The molecule has 40 heavy (non-hydrogen) atoms. The Morgan fingerprint density at radius 3 is 1.32 bits per heavy atom. The molecule has 6 aromatic rings. The van der Waals surface area contributed by atoms with Gasteiger partial charge in [-0.15, -0.1) is 0 Å². The van der Waals surface area contributed by atoms with Crippen LogP contribution in [-0.4, -0.2) is 0 Å². The van der Waals surface area contributed by atoms with Gasteiger partial charge in [0.05, 0.1) is 0 Å². The fourth-order valence-corrected chi connectivity index (χ4v) is 7.01. The Morgan fingerprint density at radius 2 is 0.825 bits per heavy atom. The van der Waals surface area contributed by atoms with Crippen molar-refractivity contribution in [1.29, 1.82) is 0 Å². The van der Waals surface area contributed by atoms with E-state index in [9.17, 15) is 0 Å². The first-order valence-electron chi connectivity index (χ1n) is 14.4. The number of rotatable bonds is 4. The zero-order chi connectivity index (χ0) is 26.5. The molecule has 194 valence electrons. The molecule has 0 bridgehead atoms. The van der Waals surface area contributed by atoms with Gasteiger partial charge in [0.2, 0.25) is 0 Å². The predicted octanol–water partition coefficient (Wildman–Crippen LogP) is 10.8. The summed E-state index contributed by atoms with van der Waals surface area (Å²) in [7, 11) is 0. The predicted molar refractivity (Wildman–Crippen MR) is 164 cm³/mol. The number of hydrogen-bond donors (Lipinski definition) is 0. The fraction of sp³-hybridized carbons (Fsp3) is 0.158. The minimum atomic E-state index is 0.00836. The van der Waals surface area contributed by atoms with Crippen molar-refractivity contribution in [3.63, 3.8) is 0 Å². The molecular formula is C38H30O2. The summed E-state index contributed by atoms with van der Waals surface area (Å²) in [6, 6.07) is 42.9. The summed E-state index contributed by atoms with van der Waals surface area (Å²) in [5, 5.41) is 4.83. The average molecular weight is 519 g/mol. The summed E-state index contributed by atoms with van der Waals surface area (Å²) in [5.41, 5.74) is 5.49.